The molecule has 0 saturated carbocycles. The van der Waals surface area contributed by atoms with Crippen molar-refractivity contribution in [3.63, 3.8) is 0 Å². The summed E-state index contributed by atoms with van der Waals surface area (Å²) in [4.78, 5) is 5.29. The minimum atomic E-state index is -4.49. The van der Waals surface area contributed by atoms with Crippen LogP contribution in [-0.4, -0.2) is 38.8 Å². The lowest BCUT2D eigenvalue weighted by molar-refractivity contribution is -0.141. The van der Waals surface area contributed by atoms with Crippen LogP contribution in [0.25, 0.3) is 0 Å². The van der Waals surface area contributed by atoms with Gasteiger partial charge in [0, 0.05) is 19.1 Å². The van der Waals surface area contributed by atoms with Gasteiger partial charge in [-0.15, -0.1) is 0 Å². The summed E-state index contributed by atoms with van der Waals surface area (Å²) < 4.78 is 62.9. The Hall–Kier alpha value is -1.35. The number of halogens is 3. The van der Waals surface area contributed by atoms with Crippen molar-refractivity contribution in [2.45, 2.75) is 25.1 Å². The highest BCUT2D eigenvalue weighted by Gasteiger charge is 2.33. The van der Waals surface area contributed by atoms with Crippen LogP contribution in [-0.2, 0) is 16.2 Å². The average Bonchev–Trinajstić information content (AvgIpc) is 2.36. The minimum absolute atomic E-state index is 0.213. The van der Waals surface area contributed by atoms with Crippen LogP contribution in [0.5, 0.6) is 0 Å². The second kappa shape index (κ2) is 5.80. The third-order valence-corrected chi connectivity index (χ3v) is 3.91. The number of anilines is 1. The number of pyridine rings is 1. The molecule has 0 bridgehead atoms. The summed E-state index contributed by atoms with van der Waals surface area (Å²) in [6.45, 7) is 0.859. The van der Waals surface area contributed by atoms with E-state index in [9.17, 15) is 21.6 Å². The Morgan fingerprint density at radius 1 is 1.38 bits per heavy atom. The average molecular weight is 323 g/mol. The quantitative estimate of drug-likeness (QED) is 0.918. The fourth-order valence-corrected chi connectivity index (χ4v) is 3.14. The maximum Gasteiger partial charge on any atom is 0.433 e. The van der Waals surface area contributed by atoms with E-state index in [1.165, 1.54) is 12.1 Å². The summed E-state index contributed by atoms with van der Waals surface area (Å²) in [5, 5.41) is 0. The summed E-state index contributed by atoms with van der Waals surface area (Å²) >= 11 is 0. The van der Waals surface area contributed by atoms with Gasteiger partial charge in [0.15, 0.2) is 0 Å². The first-order chi connectivity index (χ1) is 9.65. The van der Waals surface area contributed by atoms with Crippen LogP contribution >= 0.6 is 0 Å². The molecule has 0 unspecified atom stereocenters. The fourth-order valence-electron chi connectivity index (χ4n) is 2.34. The summed E-state index contributed by atoms with van der Waals surface area (Å²) in [5.41, 5.74) is -0.946. The van der Waals surface area contributed by atoms with Crippen molar-refractivity contribution in [2.75, 3.05) is 24.2 Å². The Bertz CT molecular complexity index is 604. The van der Waals surface area contributed by atoms with Crippen LogP contribution in [0.4, 0.5) is 19.0 Å². The van der Waals surface area contributed by atoms with Gasteiger partial charge in [-0.3, -0.25) is 0 Å². The van der Waals surface area contributed by atoms with E-state index in [1.807, 2.05) is 0 Å². The van der Waals surface area contributed by atoms with Gasteiger partial charge in [-0.1, -0.05) is 6.07 Å². The number of hydrogen-bond donors (Lipinski definition) is 1. The summed E-state index contributed by atoms with van der Waals surface area (Å²) in [6, 6.07) is 3.40. The molecule has 1 aliphatic rings. The maximum absolute atomic E-state index is 12.7. The molecule has 0 aliphatic carbocycles. The molecular formula is C12H16F3N3O2S. The van der Waals surface area contributed by atoms with Gasteiger partial charge in [-0.2, -0.15) is 13.2 Å². The molecule has 0 spiro atoms. The molecule has 1 fully saturated rings. The number of nitrogens with zero attached hydrogens (tertiary/aromatic N) is 2. The van der Waals surface area contributed by atoms with Crippen molar-refractivity contribution >= 4 is 15.8 Å². The molecule has 118 valence electrons. The van der Waals surface area contributed by atoms with Crippen LogP contribution in [0.3, 0.4) is 0 Å². The lowest BCUT2D eigenvalue weighted by Crippen LogP contribution is -2.47. The predicted octanol–water partition coefficient (Wildman–Crippen LogP) is 1.62. The zero-order valence-corrected chi connectivity index (χ0v) is 12.2. The predicted molar refractivity (Wildman–Crippen MR) is 72.5 cm³/mol. The third-order valence-electron chi connectivity index (χ3n) is 3.15. The zero-order chi connectivity index (χ0) is 15.7. The second-order valence-corrected chi connectivity index (χ2v) is 6.83. The van der Waals surface area contributed by atoms with Gasteiger partial charge in [0.1, 0.15) is 11.5 Å². The first-order valence-corrected chi connectivity index (χ1v) is 8.31. The number of sulfonamides is 1. The van der Waals surface area contributed by atoms with Crippen LogP contribution in [0, 0.1) is 0 Å². The third kappa shape index (κ3) is 4.57. The Balaban J connectivity index is 2.15. The van der Waals surface area contributed by atoms with Crippen LogP contribution in [0.1, 0.15) is 18.5 Å². The monoisotopic (exact) mass is 323 g/mol. The number of piperidine rings is 1. The molecule has 1 aromatic rings. The van der Waals surface area contributed by atoms with Crippen molar-refractivity contribution in [1.29, 1.82) is 0 Å². The highest BCUT2D eigenvalue weighted by atomic mass is 32.2. The van der Waals surface area contributed by atoms with Crippen LogP contribution in [0.15, 0.2) is 18.2 Å². The molecule has 21 heavy (non-hydrogen) atoms. The molecule has 1 atom stereocenters. The van der Waals surface area contributed by atoms with Crippen molar-refractivity contribution in [2.24, 2.45) is 0 Å². The molecule has 1 aliphatic heterocycles. The van der Waals surface area contributed by atoms with E-state index in [0.29, 0.717) is 25.9 Å². The van der Waals surface area contributed by atoms with Crippen molar-refractivity contribution in [3.8, 4) is 0 Å². The first-order valence-electron chi connectivity index (χ1n) is 6.42. The molecule has 2 rings (SSSR count). The zero-order valence-electron chi connectivity index (χ0n) is 11.4. The van der Waals surface area contributed by atoms with Gasteiger partial charge >= 0.3 is 6.18 Å². The summed E-state index contributed by atoms with van der Waals surface area (Å²) in [6.07, 6.45) is -2.08. The van der Waals surface area contributed by atoms with Crippen LogP contribution < -0.4 is 9.62 Å². The van der Waals surface area contributed by atoms with Gasteiger partial charge in [0.25, 0.3) is 0 Å². The van der Waals surface area contributed by atoms with Gasteiger partial charge in [-0.05, 0) is 25.0 Å². The van der Waals surface area contributed by atoms with Crippen molar-refractivity contribution < 1.29 is 21.6 Å². The number of alkyl halides is 3. The number of rotatable bonds is 3. The summed E-state index contributed by atoms with van der Waals surface area (Å²) in [5.74, 6) is 0.213. The largest absolute Gasteiger partial charge is 0.433 e. The Kier molecular flexibility index (Phi) is 4.43. The summed E-state index contributed by atoms with van der Waals surface area (Å²) in [7, 11) is -3.34. The molecular weight excluding hydrogens is 307 g/mol. The molecule has 9 heteroatoms. The van der Waals surface area contributed by atoms with Gasteiger partial charge in [-0.25, -0.2) is 18.1 Å². The second-order valence-electron chi connectivity index (χ2n) is 5.05. The van der Waals surface area contributed by atoms with Crippen molar-refractivity contribution in [1.82, 2.24) is 9.71 Å². The highest BCUT2D eigenvalue weighted by molar-refractivity contribution is 7.88. The standard InChI is InChI=1S/C12H16F3N3O2S/c1-21(19,20)17-9-4-3-7-18(8-9)11-6-2-5-10(16-11)12(13,14)15/h2,5-6,9,17H,3-4,7-8H2,1H3/t9-/m0/s1. The highest BCUT2D eigenvalue weighted by Crippen LogP contribution is 2.29. The van der Waals surface area contributed by atoms with E-state index in [0.717, 1.165) is 12.3 Å². The van der Waals surface area contributed by atoms with E-state index >= 15 is 0 Å². The van der Waals surface area contributed by atoms with Gasteiger partial charge in [0.05, 0.1) is 6.26 Å². The molecule has 0 aromatic carbocycles. The topological polar surface area (TPSA) is 62.3 Å². The van der Waals surface area contributed by atoms with Gasteiger partial charge < -0.3 is 4.90 Å². The maximum atomic E-state index is 12.7. The number of hydrogen-bond acceptors (Lipinski definition) is 4. The smallest absolute Gasteiger partial charge is 0.355 e. The first kappa shape index (κ1) is 16.0. The van der Waals surface area contributed by atoms with Crippen LogP contribution in [0.2, 0.25) is 0 Å². The Morgan fingerprint density at radius 2 is 2.10 bits per heavy atom. The fraction of sp³-hybridized carbons (Fsp3) is 0.583. The van der Waals surface area contributed by atoms with E-state index < -0.39 is 21.9 Å². The molecule has 2 heterocycles. The SMILES string of the molecule is CS(=O)(=O)N[C@H]1CCCN(c2cccc(C(F)(F)F)n2)C1. The van der Waals surface area contributed by atoms with Crippen molar-refractivity contribution in [3.05, 3.63) is 23.9 Å². The normalized spacial score (nSPS) is 20.6. The van der Waals surface area contributed by atoms with E-state index in [2.05, 4.69) is 9.71 Å². The van der Waals surface area contributed by atoms with Gasteiger partial charge in [0.2, 0.25) is 10.0 Å². The number of nitrogens with one attached hydrogen (secondary N) is 1. The van der Waals surface area contributed by atoms with E-state index in [1.54, 1.807) is 4.90 Å². The molecule has 1 aromatic heterocycles. The Morgan fingerprint density at radius 3 is 2.71 bits per heavy atom. The van der Waals surface area contributed by atoms with E-state index in [-0.39, 0.29) is 11.9 Å². The molecule has 1 saturated heterocycles. The Labute approximate surface area is 121 Å². The molecule has 0 amide bonds. The minimum Gasteiger partial charge on any atom is -0.355 e. The lowest BCUT2D eigenvalue weighted by atomic mass is 10.1. The molecule has 5 nitrogen and oxygen atoms in total. The molecule has 0 radical (unpaired) electrons. The van der Waals surface area contributed by atoms with E-state index in [4.69, 9.17) is 0 Å². The molecule has 1 N–H and O–H groups in total. The lowest BCUT2D eigenvalue weighted by Gasteiger charge is -2.33. The number of aromatic nitrogens is 1.